The summed E-state index contributed by atoms with van der Waals surface area (Å²) < 4.78 is 5.87. The smallest absolute Gasteiger partial charge is 0.258 e. The van der Waals surface area contributed by atoms with Crippen molar-refractivity contribution >= 4 is 5.91 Å². The second-order valence-electron chi connectivity index (χ2n) is 6.94. The van der Waals surface area contributed by atoms with Gasteiger partial charge in [0.15, 0.2) is 6.61 Å². The minimum Gasteiger partial charge on any atom is -0.483 e. The lowest BCUT2D eigenvalue weighted by Crippen LogP contribution is -2.37. The van der Waals surface area contributed by atoms with Gasteiger partial charge in [0.25, 0.3) is 5.91 Å². The van der Waals surface area contributed by atoms with E-state index in [1.54, 1.807) is 0 Å². The number of hydrogen-bond donors (Lipinski definition) is 1. The molecule has 0 saturated carbocycles. The summed E-state index contributed by atoms with van der Waals surface area (Å²) in [4.78, 5) is 14.6. The quantitative estimate of drug-likeness (QED) is 0.644. The van der Waals surface area contributed by atoms with Crippen LogP contribution in [-0.4, -0.2) is 38.1 Å². The molecule has 0 fully saturated rings. The van der Waals surface area contributed by atoms with E-state index in [0.717, 1.165) is 23.2 Å². The Morgan fingerprint density at radius 1 is 0.893 bits per heavy atom. The standard InChI is InChI=1S/C24H26N2O2/c1-26(2)17-22(20-13-7-4-8-14-20)25-24(27)18-28-23-16-10-9-15-21(23)19-11-5-3-6-12-19/h3-16,22H,17-18H2,1-2H3,(H,25,27)/t22-/m1/s1. The highest BCUT2D eigenvalue weighted by Gasteiger charge is 2.16. The number of nitrogens with zero attached hydrogens (tertiary/aromatic N) is 1. The highest BCUT2D eigenvalue weighted by Crippen LogP contribution is 2.29. The lowest BCUT2D eigenvalue weighted by atomic mass is 10.1. The zero-order valence-electron chi connectivity index (χ0n) is 16.3. The summed E-state index contributed by atoms with van der Waals surface area (Å²) in [6.07, 6.45) is 0. The van der Waals surface area contributed by atoms with Crippen molar-refractivity contribution in [2.24, 2.45) is 0 Å². The maximum atomic E-state index is 12.6. The molecule has 0 saturated heterocycles. The molecule has 0 radical (unpaired) electrons. The van der Waals surface area contributed by atoms with Crippen LogP contribution in [0.25, 0.3) is 11.1 Å². The van der Waals surface area contributed by atoms with E-state index < -0.39 is 0 Å². The molecule has 0 aliphatic carbocycles. The molecule has 0 bridgehead atoms. The van der Waals surface area contributed by atoms with E-state index in [1.807, 2.05) is 99.0 Å². The van der Waals surface area contributed by atoms with Gasteiger partial charge in [-0.15, -0.1) is 0 Å². The normalized spacial score (nSPS) is 11.8. The van der Waals surface area contributed by atoms with Gasteiger partial charge in [0.1, 0.15) is 5.75 Å². The van der Waals surface area contributed by atoms with Crippen LogP contribution in [0.3, 0.4) is 0 Å². The van der Waals surface area contributed by atoms with Gasteiger partial charge < -0.3 is 15.0 Å². The van der Waals surface area contributed by atoms with Crippen molar-refractivity contribution in [3.63, 3.8) is 0 Å². The van der Waals surface area contributed by atoms with E-state index in [-0.39, 0.29) is 18.6 Å². The number of likely N-dealkylation sites (N-methyl/N-ethyl adjacent to an activating group) is 1. The van der Waals surface area contributed by atoms with Crippen LogP contribution in [0.4, 0.5) is 0 Å². The summed E-state index contributed by atoms with van der Waals surface area (Å²) >= 11 is 0. The third kappa shape index (κ3) is 5.44. The minimum atomic E-state index is -0.140. The van der Waals surface area contributed by atoms with E-state index in [9.17, 15) is 4.79 Å². The van der Waals surface area contributed by atoms with E-state index in [0.29, 0.717) is 5.75 Å². The second kappa shape index (κ2) is 9.72. The molecule has 3 aromatic carbocycles. The Balaban J connectivity index is 1.67. The Hall–Kier alpha value is -3.11. The molecule has 0 unspecified atom stereocenters. The van der Waals surface area contributed by atoms with Crippen LogP contribution >= 0.6 is 0 Å². The van der Waals surface area contributed by atoms with E-state index in [1.165, 1.54) is 0 Å². The topological polar surface area (TPSA) is 41.6 Å². The number of benzene rings is 3. The van der Waals surface area contributed by atoms with E-state index in [4.69, 9.17) is 4.74 Å². The van der Waals surface area contributed by atoms with Gasteiger partial charge in [0, 0.05) is 12.1 Å². The highest BCUT2D eigenvalue weighted by atomic mass is 16.5. The first-order valence-electron chi connectivity index (χ1n) is 9.40. The van der Waals surface area contributed by atoms with Crippen molar-refractivity contribution in [3.05, 3.63) is 90.5 Å². The van der Waals surface area contributed by atoms with Crippen LogP contribution in [0.5, 0.6) is 5.75 Å². The third-order valence-corrected chi connectivity index (χ3v) is 4.42. The zero-order chi connectivity index (χ0) is 19.8. The lowest BCUT2D eigenvalue weighted by Gasteiger charge is -2.23. The Kier molecular flexibility index (Phi) is 6.82. The summed E-state index contributed by atoms with van der Waals surface area (Å²) in [5, 5.41) is 3.09. The van der Waals surface area contributed by atoms with Gasteiger partial charge in [-0.25, -0.2) is 0 Å². The Labute approximate surface area is 166 Å². The van der Waals surface area contributed by atoms with Gasteiger partial charge in [0.05, 0.1) is 6.04 Å². The predicted molar refractivity (Wildman–Crippen MR) is 113 cm³/mol. The van der Waals surface area contributed by atoms with E-state index >= 15 is 0 Å². The summed E-state index contributed by atoms with van der Waals surface area (Å²) in [6, 6.07) is 27.7. The molecule has 4 heteroatoms. The molecule has 1 amide bonds. The van der Waals surface area contributed by atoms with Crippen molar-refractivity contribution in [1.29, 1.82) is 0 Å². The van der Waals surface area contributed by atoms with E-state index in [2.05, 4.69) is 10.2 Å². The molecule has 28 heavy (non-hydrogen) atoms. The highest BCUT2D eigenvalue weighted by molar-refractivity contribution is 5.79. The molecule has 0 aromatic heterocycles. The van der Waals surface area contributed by atoms with Crippen molar-refractivity contribution in [3.8, 4) is 16.9 Å². The molecule has 0 aliphatic heterocycles. The average molecular weight is 374 g/mol. The largest absolute Gasteiger partial charge is 0.483 e. The number of carbonyl (C=O) groups is 1. The van der Waals surface area contributed by atoms with Crippen LogP contribution in [-0.2, 0) is 4.79 Å². The maximum absolute atomic E-state index is 12.6. The number of hydrogen-bond acceptors (Lipinski definition) is 3. The SMILES string of the molecule is CN(C)C[C@@H](NC(=O)COc1ccccc1-c1ccccc1)c1ccccc1. The molecule has 0 aliphatic rings. The fourth-order valence-corrected chi connectivity index (χ4v) is 3.11. The summed E-state index contributed by atoms with van der Waals surface area (Å²) in [5.74, 6) is 0.561. The third-order valence-electron chi connectivity index (χ3n) is 4.42. The van der Waals surface area contributed by atoms with Gasteiger partial charge >= 0.3 is 0 Å². The van der Waals surface area contributed by atoms with Gasteiger partial charge in [-0.2, -0.15) is 0 Å². The molecule has 3 rings (SSSR count). The molecule has 1 atom stereocenters. The first kappa shape index (κ1) is 19.6. The lowest BCUT2D eigenvalue weighted by molar-refractivity contribution is -0.123. The molecular weight excluding hydrogens is 348 g/mol. The number of ether oxygens (including phenoxy) is 1. The van der Waals surface area contributed by atoms with Gasteiger partial charge in [-0.3, -0.25) is 4.79 Å². The van der Waals surface area contributed by atoms with Gasteiger partial charge in [-0.05, 0) is 31.3 Å². The summed E-state index contributed by atoms with van der Waals surface area (Å²) in [6.45, 7) is 0.691. The van der Waals surface area contributed by atoms with Crippen LogP contribution in [0.2, 0.25) is 0 Å². The fraction of sp³-hybridized carbons (Fsp3) is 0.208. The summed E-state index contributed by atoms with van der Waals surface area (Å²) in [5.41, 5.74) is 3.12. The summed E-state index contributed by atoms with van der Waals surface area (Å²) in [7, 11) is 3.99. The first-order valence-corrected chi connectivity index (χ1v) is 9.40. The number of rotatable bonds is 8. The van der Waals surface area contributed by atoms with Crippen LogP contribution < -0.4 is 10.1 Å². The average Bonchev–Trinajstić information content (AvgIpc) is 2.73. The molecular formula is C24H26N2O2. The second-order valence-corrected chi connectivity index (χ2v) is 6.94. The van der Waals surface area contributed by atoms with Crippen molar-refractivity contribution < 1.29 is 9.53 Å². The Morgan fingerprint density at radius 2 is 1.50 bits per heavy atom. The number of para-hydroxylation sites is 1. The molecule has 0 heterocycles. The van der Waals surface area contributed by atoms with Crippen molar-refractivity contribution in [1.82, 2.24) is 10.2 Å². The van der Waals surface area contributed by atoms with Crippen LogP contribution in [0.1, 0.15) is 11.6 Å². The van der Waals surface area contributed by atoms with Crippen LogP contribution in [0, 0.1) is 0 Å². The molecule has 0 spiro atoms. The monoisotopic (exact) mass is 374 g/mol. The predicted octanol–water partition coefficient (Wildman–Crippen LogP) is 4.15. The first-order chi connectivity index (χ1) is 13.6. The minimum absolute atomic E-state index is 0.0272. The van der Waals surface area contributed by atoms with Crippen molar-refractivity contribution in [2.45, 2.75) is 6.04 Å². The maximum Gasteiger partial charge on any atom is 0.258 e. The molecule has 144 valence electrons. The number of nitrogens with one attached hydrogen (secondary N) is 1. The number of carbonyl (C=O) groups excluding carboxylic acids is 1. The fourth-order valence-electron chi connectivity index (χ4n) is 3.11. The van der Waals surface area contributed by atoms with Gasteiger partial charge in [-0.1, -0.05) is 78.9 Å². The molecule has 1 N–H and O–H groups in total. The zero-order valence-corrected chi connectivity index (χ0v) is 16.3. The Morgan fingerprint density at radius 3 is 2.18 bits per heavy atom. The van der Waals surface area contributed by atoms with Crippen molar-refractivity contribution in [2.75, 3.05) is 27.2 Å². The molecule has 3 aromatic rings. The number of amides is 1. The molecule has 4 nitrogen and oxygen atoms in total. The van der Waals surface area contributed by atoms with Gasteiger partial charge in [0.2, 0.25) is 0 Å². The Bertz CT molecular complexity index is 879. The van der Waals surface area contributed by atoms with Crippen LogP contribution in [0.15, 0.2) is 84.9 Å².